The van der Waals surface area contributed by atoms with Crippen LogP contribution in [0.5, 0.6) is 5.88 Å². The van der Waals surface area contributed by atoms with Crippen LogP contribution in [0.1, 0.15) is 19.8 Å². The highest BCUT2D eigenvalue weighted by Crippen LogP contribution is 2.25. The van der Waals surface area contributed by atoms with E-state index < -0.39 is 0 Å². The Bertz CT molecular complexity index is 361. The van der Waals surface area contributed by atoms with Crippen LogP contribution in [0.3, 0.4) is 0 Å². The van der Waals surface area contributed by atoms with Gasteiger partial charge in [-0.25, -0.2) is 4.98 Å². The lowest BCUT2D eigenvalue weighted by atomic mass is 9.85. The van der Waals surface area contributed by atoms with Gasteiger partial charge in [0.2, 0.25) is 5.88 Å². The third-order valence-electron chi connectivity index (χ3n) is 3.06. The maximum atomic E-state index is 5.76. The summed E-state index contributed by atoms with van der Waals surface area (Å²) in [6.07, 6.45) is 8.36. The number of hydrogen-bond acceptors (Lipinski definition) is 2. The number of aromatic nitrogens is 1. The largest absolute Gasteiger partial charge is 0.477 e. The molecule has 0 spiro atoms. The van der Waals surface area contributed by atoms with E-state index in [4.69, 9.17) is 16.3 Å². The molecule has 2 atom stereocenters. The molecule has 2 nitrogen and oxygen atoms in total. The minimum Gasteiger partial charge on any atom is -0.477 e. The molecule has 2 unspecified atom stereocenters. The molecule has 2 rings (SSSR count). The highest BCUT2D eigenvalue weighted by atomic mass is 35.5. The molecule has 3 heteroatoms. The Balaban J connectivity index is 1.87. The van der Waals surface area contributed by atoms with Gasteiger partial charge in [0, 0.05) is 12.3 Å². The number of allylic oxidation sites excluding steroid dienone is 2. The predicted octanol–water partition coefficient (Wildman–Crippen LogP) is 3.72. The number of nitrogens with zero attached hydrogens (tertiary/aromatic N) is 1. The zero-order valence-electron chi connectivity index (χ0n) is 9.40. The van der Waals surface area contributed by atoms with Crippen molar-refractivity contribution in [2.24, 2.45) is 11.8 Å². The molecule has 1 aliphatic rings. The third-order valence-corrected chi connectivity index (χ3v) is 3.29. The van der Waals surface area contributed by atoms with Crippen LogP contribution < -0.4 is 4.74 Å². The van der Waals surface area contributed by atoms with Gasteiger partial charge in [-0.05, 0) is 30.7 Å². The van der Waals surface area contributed by atoms with Crippen LogP contribution in [0, 0.1) is 11.8 Å². The average molecular weight is 238 g/mol. The van der Waals surface area contributed by atoms with E-state index in [9.17, 15) is 0 Å². The molecule has 0 saturated carbocycles. The van der Waals surface area contributed by atoms with E-state index in [0.29, 0.717) is 22.7 Å². The van der Waals surface area contributed by atoms with Gasteiger partial charge in [0.15, 0.2) is 0 Å². The Morgan fingerprint density at radius 1 is 1.38 bits per heavy atom. The molecular formula is C13H16ClNO. The molecule has 0 bridgehead atoms. The van der Waals surface area contributed by atoms with Crippen LogP contribution in [0.15, 0.2) is 30.5 Å². The summed E-state index contributed by atoms with van der Waals surface area (Å²) in [6, 6.07) is 3.61. The van der Waals surface area contributed by atoms with E-state index in [0.717, 1.165) is 19.4 Å². The number of rotatable bonds is 3. The Morgan fingerprint density at radius 3 is 2.88 bits per heavy atom. The summed E-state index contributed by atoms with van der Waals surface area (Å²) in [6.45, 7) is 3.01. The maximum absolute atomic E-state index is 5.76. The lowest BCUT2D eigenvalue weighted by Gasteiger charge is -2.24. The summed E-state index contributed by atoms with van der Waals surface area (Å²) < 4.78 is 5.67. The van der Waals surface area contributed by atoms with Crippen molar-refractivity contribution in [1.29, 1.82) is 0 Å². The summed E-state index contributed by atoms with van der Waals surface area (Å²) in [5, 5.41) is 0.640. The lowest BCUT2D eigenvalue weighted by molar-refractivity contribution is 0.193. The molecule has 0 saturated heterocycles. The Labute approximate surface area is 101 Å². The topological polar surface area (TPSA) is 22.1 Å². The molecule has 0 aromatic carbocycles. The second-order valence-electron chi connectivity index (χ2n) is 4.31. The van der Waals surface area contributed by atoms with Gasteiger partial charge in [-0.2, -0.15) is 0 Å². The number of ether oxygens (including phenoxy) is 1. The molecule has 16 heavy (non-hydrogen) atoms. The van der Waals surface area contributed by atoms with Gasteiger partial charge in [-0.1, -0.05) is 30.7 Å². The second-order valence-corrected chi connectivity index (χ2v) is 4.74. The van der Waals surface area contributed by atoms with E-state index in [-0.39, 0.29) is 0 Å². The van der Waals surface area contributed by atoms with E-state index in [2.05, 4.69) is 24.1 Å². The Morgan fingerprint density at radius 2 is 2.19 bits per heavy atom. The fourth-order valence-electron chi connectivity index (χ4n) is 1.88. The van der Waals surface area contributed by atoms with Gasteiger partial charge < -0.3 is 4.74 Å². The minimum atomic E-state index is 0.600. The molecule has 1 heterocycles. The summed E-state index contributed by atoms with van der Waals surface area (Å²) in [5.41, 5.74) is 0. The number of pyridine rings is 1. The van der Waals surface area contributed by atoms with Crippen LogP contribution in [-0.2, 0) is 0 Å². The standard InChI is InChI=1S/C13H16ClNO/c1-10-4-2-3-5-11(10)9-16-13-7-6-12(14)8-15-13/h2-3,6-8,10-11H,4-5,9H2,1H3. The summed E-state index contributed by atoms with van der Waals surface area (Å²) in [5.74, 6) is 1.95. The van der Waals surface area contributed by atoms with Crippen molar-refractivity contribution in [1.82, 2.24) is 4.98 Å². The van der Waals surface area contributed by atoms with Gasteiger partial charge in [0.1, 0.15) is 0 Å². The van der Waals surface area contributed by atoms with Crippen molar-refractivity contribution in [3.05, 3.63) is 35.5 Å². The predicted molar refractivity (Wildman–Crippen MR) is 65.8 cm³/mol. The molecule has 86 valence electrons. The highest BCUT2D eigenvalue weighted by Gasteiger charge is 2.18. The lowest BCUT2D eigenvalue weighted by Crippen LogP contribution is -2.21. The van der Waals surface area contributed by atoms with Gasteiger partial charge in [0.25, 0.3) is 0 Å². The van der Waals surface area contributed by atoms with Gasteiger partial charge in [0.05, 0.1) is 11.6 Å². The molecule has 1 aliphatic carbocycles. The molecule has 0 radical (unpaired) electrons. The number of hydrogen-bond donors (Lipinski definition) is 0. The summed E-state index contributed by atoms with van der Waals surface area (Å²) in [4.78, 5) is 4.12. The van der Waals surface area contributed by atoms with Crippen LogP contribution in [-0.4, -0.2) is 11.6 Å². The van der Waals surface area contributed by atoms with Crippen molar-refractivity contribution in [3.8, 4) is 5.88 Å². The van der Waals surface area contributed by atoms with Crippen molar-refractivity contribution in [2.45, 2.75) is 19.8 Å². The fourth-order valence-corrected chi connectivity index (χ4v) is 1.99. The smallest absolute Gasteiger partial charge is 0.213 e. The summed E-state index contributed by atoms with van der Waals surface area (Å²) >= 11 is 5.76. The second kappa shape index (κ2) is 5.35. The molecule has 0 N–H and O–H groups in total. The molecule has 0 fully saturated rings. The van der Waals surface area contributed by atoms with Crippen LogP contribution in [0.4, 0.5) is 0 Å². The quantitative estimate of drug-likeness (QED) is 0.748. The van der Waals surface area contributed by atoms with Crippen molar-refractivity contribution in [3.63, 3.8) is 0 Å². The fraction of sp³-hybridized carbons (Fsp3) is 0.462. The van der Waals surface area contributed by atoms with Crippen LogP contribution in [0.2, 0.25) is 5.02 Å². The van der Waals surface area contributed by atoms with Crippen molar-refractivity contribution in [2.75, 3.05) is 6.61 Å². The first-order chi connectivity index (χ1) is 7.75. The first-order valence-corrected chi connectivity index (χ1v) is 6.03. The zero-order chi connectivity index (χ0) is 11.4. The molecule has 0 aliphatic heterocycles. The maximum Gasteiger partial charge on any atom is 0.213 e. The van der Waals surface area contributed by atoms with Gasteiger partial charge >= 0.3 is 0 Å². The summed E-state index contributed by atoms with van der Waals surface area (Å²) in [7, 11) is 0. The molecule has 1 aromatic heterocycles. The van der Waals surface area contributed by atoms with E-state index in [1.165, 1.54) is 0 Å². The van der Waals surface area contributed by atoms with Gasteiger partial charge in [-0.3, -0.25) is 0 Å². The average Bonchev–Trinajstić information content (AvgIpc) is 2.30. The minimum absolute atomic E-state index is 0.600. The zero-order valence-corrected chi connectivity index (χ0v) is 10.2. The van der Waals surface area contributed by atoms with Crippen LogP contribution >= 0.6 is 11.6 Å². The first kappa shape index (κ1) is 11.5. The van der Waals surface area contributed by atoms with E-state index >= 15 is 0 Å². The Hall–Kier alpha value is -1.02. The van der Waals surface area contributed by atoms with E-state index in [1.807, 2.05) is 6.07 Å². The molecule has 1 aromatic rings. The third kappa shape index (κ3) is 2.99. The Kier molecular flexibility index (Phi) is 3.83. The van der Waals surface area contributed by atoms with Crippen molar-refractivity contribution >= 4 is 11.6 Å². The van der Waals surface area contributed by atoms with Crippen LogP contribution in [0.25, 0.3) is 0 Å². The molecular weight excluding hydrogens is 222 g/mol. The van der Waals surface area contributed by atoms with E-state index in [1.54, 1.807) is 12.3 Å². The highest BCUT2D eigenvalue weighted by molar-refractivity contribution is 6.30. The molecule has 0 amide bonds. The number of halogens is 1. The van der Waals surface area contributed by atoms with Gasteiger partial charge in [-0.15, -0.1) is 0 Å². The SMILES string of the molecule is CC1CC=CCC1COc1ccc(Cl)cn1. The normalized spacial score (nSPS) is 24.4. The van der Waals surface area contributed by atoms with Crippen molar-refractivity contribution < 1.29 is 4.74 Å². The first-order valence-electron chi connectivity index (χ1n) is 5.65. The monoisotopic (exact) mass is 237 g/mol.